The van der Waals surface area contributed by atoms with Crippen LogP contribution in [0.2, 0.25) is 0 Å². The lowest BCUT2D eigenvalue weighted by molar-refractivity contribution is 0.0690. The van der Waals surface area contributed by atoms with Crippen LogP contribution in [0.4, 0.5) is 0 Å². The quantitative estimate of drug-likeness (QED) is 0.795. The fourth-order valence-electron chi connectivity index (χ4n) is 2.16. The number of Topliss-reactive ketones (excluding diaryl/α,β-unsaturated/α-hetero) is 1. The molecule has 2 rings (SSSR count). The smallest absolute Gasteiger partial charge is 0.336 e. The lowest BCUT2D eigenvalue weighted by atomic mass is 10.1. The van der Waals surface area contributed by atoms with Gasteiger partial charge in [0, 0.05) is 12.1 Å². The third-order valence-electron chi connectivity index (χ3n) is 3.52. The SMILES string of the molecule is COc1ccc(C(=O)O)c(C(=O)NCc2ccc(C(C)=O)cc2)c1. The third-order valence-corrected chi connectivity index (χ3v) is 3.52. The van der Waals surface area contributed by atoms with Gasteiger partial charge >= 0.3 is 5.97 Å². The molecule has 0 saturated heterocycles. The van der Waals surface area contributed by atoms with Gasteiger partial charge in [-0.1, -0.05) is 24.3 Å². The highest BCUT2D eigenvalue weighted by Gasteiger charge is 2.17. The number of benzene rings is 2. The zero-order valence-electron chi connectivity index (χ0n) is 13.3. The molecule has 0 aliphatic heterocycles. The molecule has 124 valence electrons. The maximum Gasteiger partial charge on any atom is 0.336 e. The Kier molecular flexibility index (Phi) is 5.31. The van der Waals surface area contributed by atoms with E-state index < -0.39 is 11.9 Å². The molecule has 1 amide bonds. The van der Waals surface area contributed by atoms with Gasteiger partial charge in [0.2, 0.25) is 0 Å². The number of aromatic carboxylic acids is 1. The van der Waals surface area contributed by atoms with Crippen LogP contribution in [0.25, 0.3) is 0 Å². The van der Waals surface area contributed by atoms with Crippen LogP contribution in [-0.2, 0) is 6.54 Å². The summed E-state index contributed by atoms with van der Waals surface area (Å²) in [6, 6.07) is 11.0. The molecule has 2 aromatic carbocycles. The summed E-state index contributed by atoms with van der Waals surface area (Å²) >= 11 is 0. The maximum absolute atomic E-state index is 12.3. The van der Waals surface area contributed by atoms with Crippen LogP contribution in [0.5, 0.6) is 5.75 Å². The Morgan fingerprint density at radius 3 is 2.25 bits per heavy atom. The Bertz CT molecular complexity index is 780. The number of methoxy groups -OCH3 is 1. The van der Waals surface area contributed by atoms with Crippen LogP contribution in [0.15, 0.2) is 42.5 Å². The minimum atomic E-state index is -1.19. The first kappa shape index (κ1) is 17.2. The molecule has 0 bridgehead atoms. The summed E-state index contributed by atoms with van der Waals surface area (Å²) in [5.74, 6) is -1.33. The van der Waals surface area contributed by atoms with Gasteiger partial charge < -0.3 is 15.2 Å². The van der Waals surface area contributed by atoms with Crippen LogP contribution in [0.3, 0.4) is 0 Å². The van der Waals surface area contributed by atoms with Crippen molar-refractivity contribution in [3.8, 4) is 5.75 Å². The molecule has 2 aromatic rings. The summed E-state index contributed by atoms with van der Waals surface area (Å²) in [5.41, 5.74) is 1.32. The summed E-state index contributed by atoms with van der Waals surface area (Å²) in [6.07, 6.45) is 0. The summed E-state index contributed by atoms with van der Waals surface area (Å²) in [7, 11) is 1.44. The lowest BCUT2D eigenvalue weighted by Gasteiger charge is -2.10. The van der Waals surface area contributed by atoms with E-state index >= 15 is 0 Å². The van der Waals surface area contributed by atoms with Crippen LogP contribution < -0.4 is 10.1 Å². The van der Waals surface area contributed by atoms with Crippen molar-refractivity contribution in [2.75, 3.05) is 7.11 Å². The molecule has 0 unspecified atom stereocenters. The van der Waals surface area contributed by atoms with Crippen molar-refractivity contribution in [1.82, 2.24) is 5.32 Å². The van der Waals surface area contributed by atoms with Crippen molar-refractivity contribution >= 4 is 17.7 Å². The molecule has 6 nitrogen and oxygen atoms in total. The van der Waals surface area contributed by atoms with Gasteiger partial charge in [0.15, 0.2) is 5.78 Å². The monoisotopic (exact) mass is 327 g/mol. The van der Waals surface area contributed by atoms with Crippen molar-refractivity contribution in [2.45, 2.75) is 13.5 Å². The first-order chi connectivity index (χ1) is 11.4. The number of hydrogen-bond acceptors (Lipinski definition) is 4. The second-order valence-electron chi connectivity index (χ2n) is 5.15. The molecule has 0 aromatic heterocycles. The second kappa shape index (κ2) is 7.41. The van der Waals surface area contributed by atoms with Gasteiger partial charge in [0.1, 0.15) is 5.75 Å². The van der Waals surface area contributed by atoms with Crippen molar-refractivity contribution < 1.29 is 24.2 Å². The first-order valence-corrected chi connectivity index (χ1v) is 7.21. The molecule has 0 aliphatic rings. The highest BCUT2D eigenvalue weighted by Crippen LogP contribution is 2.18. The van der Waals surface area contributed by atoms with Crippen LogP contribution in [0.1, 0.15) is 43.6 Å². The summed E-state index contributed by atoms with van der Waals surface area (Å²) in [6.45, 7) is 1.69. The third kappa shape index (κ3) is 3.98. The topological polar surface area (TPSA) is 92.7 Å². The van der Waals surface area contributed by atoms with Gasteiger partial charge in [0.05, 0.1) is 18.2 Å². The summed E-state index contributed by atoms with van der Waals surface area (Å²) < 4.78 is 5.03. The number of carboxylic acid groups (broad SMARTS) is 1. The van der Waals surface area contributed by atoms with E-state index in [1.165, 1.54) is 32.2 Å². The van der Waals surface area contributed by atoms with Crippen molar-refractivity contribution in [3.05, 3.63) is 64.7 Å². The van der Waals surface area contributed by atoms with Crippen molar-refractivity contribution in [2.24, 2.45) is 0 Å². The number of ether oxygens (including phenoxy) is 1. The Balaban J connectivity index is 2.14. The molecule has 0 heterocycles. The van der Waals surface area contributed by atoms with Gasteiger partial charge in [-0.05, 0) is 30.7 Å². The number of nitrogens with one attached hydrogen (secondary N) is 1. The summed E-state index contributed by atoms with van der Waals surface area (Å²) in [5, 5.41) is 11.9. The van der Waals surface area contributed by atoms with Gasteiger partial charge in [-0.2, -0.15) is 0 Å². The fraction of sp³-hybridized carbons (Fsp3) is 0.167. The molecular formula is C18H17NO5. The van der Waals surface area contributed by atoms with E-state index in [9.17, 15) is 19.5 Å². The lowest BCUT2D eigenvalue weighted by Crippen LogP contribution is -2.25. The number of hydrogen-bond donors (Lipinski definition) is 2. The number of carboxylic acids is 1. The molecule has 0 saturated carbocycles. The van der Waals surface area contributed by atoms with Crippen molar-refractivity contribution in [3.63, 3.8) is 0 Å². The van der Waals surface area contributed by atoms with E-state index in [1.54, 1.807) is 24.3 Å². The summed E-state index contributed by atoms with van der Waals surface area (Å²) in [4.78, 5) is 34.8. The van der Waals surface area contributed by atoms with Gasteiger partial charge in [-0.15, -0.1) is 0 Å². The molecule has 2 N–H and O–H groups in total. The Hall–Kier alpha value is -3.15. The highest BCUT2D eigenvalue weighted by molar-refractivity contribution is 6.05. The van der Waals surface area contributed by atoms with E-state index in [0.29, 0.717) is 11.3 Å². The average molecular weight is 327 g/mol. The number of rotatable bonds is 6. The molecule has 6 heteroatoms. The number of carbonyl (C=O) groups is 3. The zero-order chi connectivity index (χ0) is 17.7. The van der Waals surface area contributed by atoms with E-state index in [-0.39, 0.29) is 23.5 Å². The molecule has 24 heavy (non-hydrogen) atoms. The molecule has 0 aliphatic carbocycles. The van der Waals surface area contributed by atoms with E-state index in [2.05, 4.69) is 5.32 Å². The number of carbonyl (C=O) groups excluding carboxylic acids is 2. The van der Waals surface area contributed by atoms with Gasteiger partial charge in [-0.25, -0.2) is 4.79 Å². The molecule has 0 spiro atoms. The molecule has 0 atom stereocenters. The van der Waals surface area contributed by atoms with E-state index in [4.69, 9.17) is 4.74 Å². The predicted molar refractivity (Wildman–Crippen MR) is 87.6 cm³/mol. The van der Waals surface area contributed by atoms with E-state index in [0.717, 1.165) is 5.56 Å². The normalized spacial score (nSPS) is 10.1. The highest BCUT2D eigenvalue weighted by atomic mass is 16.5. The minimum absolute atomic E-state index is 0.0298. The van der Waals surface area contributed by atoms with E-state index in [1.807, 2.05) is 0 Å². The molecule has 0 radical (unpaired) electrons. The second-order valence-corrected chi connectivity index (χ2v) is 5.15. The van der Waals surface area contributed by atoms with Gasteiger partial charge in [-0.3, -0.25) is 9.59 Å². The standard InChI is InChI=1S/C18H17NO5/c1-11(20)13-5-3-12(4-6-13)10-19-17(21)16-9-14(24-2)7-8-15(16)18(22)23/h3-9H,10H2,1-2H3,(H,19,21)(H,22,23). The number of ketones is 1. The first-order valence-electron chi connectivity index (χ1n) is 7.21. The van der Waals surface area contributed by atoms with Crippen LogP contribution in [-0.4, -0.2) is 29.9 Å². The maximum atomic E-state index is 12.3. The number of amides is 1. The average Bonchev–Trinajstić information content (AvgIpc) is 2.59. The van der Waals surface area contributed by atoms with Crippen LogP contribution in [0, 0.1) is 0 Å². The molecular weight excluding hydrogens is 310 g/mol. The molecule has 0 fully saturated rings. The zero-order valence-corrected chi connectivity index (χ0v) is 13.3. The largest absolute Gasteiger partial charge is 0.497 e. The minimum Gasteiger partial charge on any atom is -0.497 e. The predicted octanol–water partition coefficient (Wildman–Crippen LogP) is 2.53. The van der Waals surface area contributed by atoms with Crippen LogP contribution >= 0.6 is 0 Å². The van der Waals surface area contributed by atoms with Crippen molar-refractivity contribution in [1.29, 1.82) is 0 Å². The van der Waals surface area contributed by atoms with Gasteiger partial charge in [0.25, 0.3) is 5.91 Å². The Labute approximate surface area is 139 Å². The Morgan fingerprint density at radius 2 is 1.71 bits per heavy atom. The Morgan fingerprint density at radius 1 is 1.04 bits per heavy atom. The fourth-order valence-corrected chi connectivity index (χ4v) is 2.16.